The lowest BCUT2D eigenvalue weighted by Crippen LogP contribution is -2.45. The van der Waals surface area contributed by atoms with Crippen molar-refractivity contribution in [2.75, 3.05) is 0 Å². The van der Waals surface area contributed by atoms with Crippen LogP contribution in [0.2, 0.25) is 0 Å². The number of rotatable bonds is 0. The smallest absolute Gasteiger partial charge is 0.334 e. The van der Waals surface area contributed by atoms with Crippen LogP contribution in [0.5, 0.6) is 0 Å². The Labute approximate surface area is 103 Å². The summed E-state index contributed by atoms with van der Waals surface area (Å²) in [6.07, 6.45) is 7.04. The third-order valence-corrected chi connectivity index (χ3v) is 5.13. The summed E-state index contributed by atoms with van der Waals surface area (Å²) in [6.45, 7) is 8.47. The third-order valence-electron chi connectivity index (χ3n) is 5.13. The van der Waals surface area contributed by atoms with Crippen LogP contribution in [0.1, 0.15) is 39.5 Å². The molecule has 0 amide bonds. The average Bonchev–Trinajstić information content (AvgIpc) is 2.54. The van der Waals surface area contributed by atoms with E-state index in [1.165, 1.54) is 24.8 Å². The molecule has 4 atom stereocenters. The molecule has 1 saturated heterocycles. The van der Waals surface area contributed by atoms with Gasteiger partial charge in [-0.2, -0.15) is 0 Å². The molecule has 0 aromatic heterocycles. The predicted molar refractivity (Wildman–Crippen MR) is 66.3 cm³/mol. The SMILES string of the molecule is C=C1C(=O)OC2[C@H]3C(C)=CCC[C@]3(C)CC[C@@H]12. The van der Waals surface area contributed by atoms with Crippen molar-refractivity contribution in [2.45, 2.75) is 45.6 Å². The van der Waals surface area contributed by atoms with Gasteiger partial charge in [-0.3, -0.25) is 0 Å². The van der Waals surface area contributed by atoms with E-state index in [0.717, 1.165) is 6.42 Å². The van der Waals surface area contributed by atoms with Crippen LogP contribution in [0.15, 0.2) is 23.8 Å². The zero-order chi connectivity index (χ0) is 12.2. The number of hydrogen-bond donors (Lipinski definition) is 0. The van der Waals surface area contributed by atoms with Gasteiger partial charge in [-0.25, -0.2) is 4.79 Å². The Morgan fingerprint density at radius 2 is 2.24 bits per heavy atom. The Kier molecular flexibility index (Phi) is 2.26. The van der Waals surface area contributed by atoms with Gasteiger partial charge in [0, 0.05) is 17.4 Å². The molecular weight excluding hydrogens is 212 g/mol. The maximum Gasteiger partial charge on any atom is 0.334 e. The second-order valence-corrected chi connectivity index (χ2v) is 6.16. The van der Waals surface area contributed by atoms with E-state index in [2.05, 4.69) is 26.5 Å². The first-order chi connectivity index (χ1) is 8.03. The lowest BCUT2D eigenvalue weighted by molar-refractivity contribution is -0.144. The average molecular weight is 232 g/mol. The van der Waals surface area contributed by atoms with Gasteiger partial charge in [0.1, 0.15) is 6.10 Å². The van der Waals surface area contributed by atoms with E-state index >= 15 is 0 Å². The van der Waals surface area contributed by atoms with E-state index in [-0.39, 0.29) is 18.0 Å². The monoisotopic (exact) mass is 232 g/mol. The van der Waals surface area contributed by atoms with Crippen molar-refractivity contribution in [3.63, 3.8) is 0 Å². The van der Waals surface area contributed by atoms with E-state index in [9.17, 15) is 4.79 Å². The van der Waals surface area contributed by atoms with Gasteiger partial charge in [0.05, 0.1) is 0 Å². The molecule has 0 aromatic carbocycles. The highest BCUT2D eigenvalue weighted by molar-refractivity contribution is 5.91. The number of allylic oxidation sites excluding steroid dienone is 1. The van der Waals surface area contributed by atoms with Crippen molar-refractivity contribution in [1.29, 1.82) is 0 Å². The van der Waals surface area contributed by atoms with Gasteiger partial charge in [-0.05, 0) is 38.0 Å². The van der Waals surface area contributed by atoms with Crippen molar-refractivity contribution < 1.29 is 9.53 Å². The largest absolute Gasteiger partial charge is 0.458 e. The van der Waals surface area contributed by atoms with Gasteiger partial charge >= 0.3 is 5.97 Å². The molecule has 2 nitrogen and oxygen atoms in total. The van der Waals surface area contributed by atoms with Crippen LogP contribution in [0.4, 0.5) is 0 Å². The van der Waals surface area contributed by atoms with E-state index in [1.54, 1.807) is 0 Å². The highest BCUT2D eigenvalue weighted by atomic mass is 16.6. The molecule has 1 heterocycles. The first-order valence-corrected chi connectivity index (χ1v) is 6.59. The topological polar surface area (TPSA) is 26.3 Å². The molecule has 0 aromatic rings. The first-order valence-electron chi connectivity index (χ1n) is 6.59. The van der Waals surface area contributed by atoms with Crippen molar-refractivity contribution in [3.05, 3.63) is 23.8 Å². The van der Waals surface area contributed by atoms with E-state index < -0.39 is 0 Å². The highest BCUT2D eigenvalue weighted by Gasteiger charge is 2.54. The third kappa shape index (κ3) is 1.42. The minimum Gasteiger partial charge on any atom is -0.458 e. The van der Waals surface area contributed by atoms with Gasteiger partial charge in [-0.15, -0.1) is 0 Å². The van der Waals surface area contributed by atoms with Gasteiger partial charge in [0.25, 0.3) is 0 Å². The molecule has 3 rings (SSSR count). The Hall–Kier alpha value is -1.05. The van der Waals surface area contributed by atoms with Crippen LogP contribution in [-0.2, 0) is 9.53 Å². The molecule has 2 heteroatoms. The molecule has 1 saturated carbocycles. The maximum atomic E-state index is 11.7. The molecular formula is C15H20O2. The lowest BCUT2D eigenvalue weighted by atomic mass is 9.56. The molecule has 0 radical (unpaired) electrons. The number of fused-ring (bicyclic) bond motifs is 3. The number of ether oxygens (including phenoxy) is 1. The molecule has 0 spiro atoms. The molecule has 1 aliphatic heterocycles. The quantitative estimate of drug-likeness (QED) is 0.364. The van der Waals surface area contributed by atoms with Gasteiger partial charge in [0.15, 0.2) is 0 Å². The summed E-state index contributed by atoms with van der Waals surface area (Å²) in [5.41, 5.74) is 2.44. The molecule has 0 bridgehead atoms. The molecule has 2 fully saturated rings. The molecule has 2 aliphatic carbocycles. The summed E-state index contributed by atoms with van der Waals surface area (Å²) in [5, 5.41) is 0. The van der Waals surface area contributed by atoms with E-state index in [1.807, 2.05) is 0 Å². The summed E-state index contributed by atoms with van der Waals surface area (Å²) in [6, 6.07) is 0. The molecule has 17 heavy (non-hydrogen) atoms. The Morgan fingerprint density at radius 1 is 1.47 bits per heavy atom. The van der Waals surface area contributed by atoms with Crippen LogP contribution >= 0.6 is 0 Å². The summed E-state index contributed by atoms with van der Waals surface area (Å²) in [5.74, 6) is 0.517. The first kappa shape index (κ1) is 11.1. The Balaban J connectivity index is 2.00. The van der Waals surface area contributed by atoms with Crippen LogP contribution in [0.3, 0.4) is 0 Å². The second kappa shape index (κ2) is 3.47. The van der Waals surface area contributed by atoms with Crippen LogP contribution in [0.25, 0.3) is 0 Å². The maximum absolute atomic E-state index is 11.7. The van der Waals surface area contributed by atoms with Crippen molar-refractivity contribution in [2.24, 2.45) is 17.3 Å². The summed E-state index contributed by atoms with van der Waals surface area (Å²) < 4.78 is 5.60. The summed E-state index contributed by atoms with van der Waals surface area (Å²) >= 11 is 0. The van der Waals surface area contributed by atoms with Gasteiger partial charge in [0.2, 0.25) is 0 Å². The Bertz CT molecular complexity index is 421. The zero-order valence-corrected chi connectivity index (χ0v) is 10.7. The minimum atomic E-state index is -0.164. The zero-order valence-electron chi connectivity index (χ0n) is 10.7. The fourth-order valence-electron chi connectivity index (χ4n) is 4.15. The van der Waals surface area contributed by atoms with Crippen LogP contribution < -0.4 is 0 Å². The standard InChI is InChI=1S/C15H20O2/c1-9-5-4-7-15(3)8-6-11-10(2)14(16)17-13(11)12(9)15/h5,11-13H,2,4,6-8H2,1,3H3/t11-,12+,13?,15+/m0/s1. The van der Waals surface area contributed by atoms with Gasteiger partial charge in [-0.1, -0.05) is 25.2 Å². The van der Waals surface area contributed by atoms with Crippen molar-refractivity contribution in [3.8, 4) is 0 Å². The van der Waals surface area contributed by atoms with Crippen LogP contribution in [0, 0.1) is 17.3 Å². The van der Waals surface area contributed by atoms with E-state index in [0.29, 0.717) is 16.9 Å². The second-order valence-electron chi connectivity index (χ2n) is 6.16. The highest BCUT2D eigenvalue weighted by Crippen LogP contribution is 2.55. The summed E-state index contributed by atoms with van der Waals surface area (Å²) in [7, 11) is 0. The van der Waals surface area contributed by atoms with Crippen molar-refractivity contribution >= 4 is 5.97 Å². The fraction of sp³-hybridized carbons (Fsp3) is 0.667. The number of hydrogen-bond acceptors (Lipinski definition) is 2. The molecule has 3 aliphatic rings. The Morgan fingerprint density at radius 3 is 3.00 bits per heavy atom. The number of carbonyl (C=O) groups excluding carboxylic acids is 1. The molecule has 0 N–H and O–H groups in total. The number of carbonyl (C=O) groups is 1. The van der Waals surface area contributed by atoms with Crippen molar-refractivity contribution in [1.82, 2.24) is 0 Å². The minimum absolute atomic E-state index is 0.0605. The normalized spacial score (nSPS) is 44.8. The number of esters is 1. The van der Waals surface area contributed by atoms with E-state index in [4.69, 9.17) is 4.74 Å². The lowest BCUT2D eigenvalue weighted by Gasteiger charge is -2.49. The predicted octanol–water partition coefficient (Wildman–Crippen LogP) is 3.24. The summed E-state index contributed by atoms with van der Waals surface area (Å²) in [4.78, 5) is 11.7. The van der Waals surface area contributed by atoms with Crippen LogP contribution in [-0.4, -0.2) is 12.1 Å². The fourth-order valence-corrected chi connectivity index (χ4v) is 4.15. The molecule has 92 valence electrons. The van der Waals surface area contributed by atoms with Gasteiger partial charge < -0.3 is 4.74 Å². The molecule has 1 unspecified atom stereocenters.